The molecule has 6 heteroatoms. The van der Waals surface area contributed by atoms with E-state index in [-0.39, 0.29) is 29.1 Å². The van der Waals surface area contributed by atoms with Crippen molar-refractivity contribution in [2.24, 2.45) is 34.5 Å². The fraction of sp³-hybridized carbons (Fsp3) is 0.862. The van der Waals surface area contributed by atoms with Crippen LogP contribution in [0.15, 0.2) is 12.2 Å². The van der Waals surface area contributed by atoms with Crippen molar-refractivity contribution >= 4 is 11.9 Å². The van der Waals surface area contributed by atoms with Gasteiger partial charge in [0, 0.05) is 23.8 Å². The summed E-state index contributed by atoms with van der Waals surface area (Å²) in [6, 6.07) is 0. The monoisotopic (exact) mass is 484 g/mol. The quantitative estimate of drug-likeness (QED) is 0.400. The van der Waals surface area contributed by atoms with Crippen molar-refractivity contribution in [1.82, 2.24) is 0 Å². The molecular weight excluding hydrogens is 444 g/mol. The van der Waals surface area contributed by atoms with Gasteiger partial charge in [-0.15, -0.1) is 0 Å². The number of carbonyl (C=O) groups excluding carboxylic acids is 2. The second kappa shape index (κ2) is 7.34. The molecule has 3 aliphatic heterocycles. The largest absolute Gasteiger partial charge is 0.462 e. The topological polar surface area (TPSA) is 77.7 Å². The van der Waals surface area contributed by atoms with E-state index in [1.165, 1.54) is 19.3 Å². The highest BCUT2D eigenvalue weighted by atomic mass is 16.8. The molecule has 192 valence electrons. The normalized spacial score (nSPS) is 54.9. The summed E-state index contributed by atoms with van der Waals surface area (Å²) in [7, 11) is 0. The third kappa shape index (κ3) is 2.90. The van der Waals surface area contributed by atoms with E-state index in [9.17, 15) is 9.59 Å². The average molecular weight is 485 g/mol. The fourth-order valence-corrected chi connectivity index (χ4v) is 10.1. The molecule has 0 radical (unpaired) electrons. The van der Waals surface area contributed by atoms with Crippen molar-refractivity contribution in [3.63, 3.8) is 0 Å². The summed E-state index contributed by atoms with van der Waals surface area (Å²) >= 11 is 0. The molecule has 0 amide bonds. The van der Waals surface area contributed by atoms with E-state index in [1.54, 1.807) is 6.08 Å². The number of rotatable bonds is 5. The minimum Gasteiger partial charge on any atom is -0.462 e. The molecule has 4 aliphatic carbocycles. The van der Waals surface area contributed by atoms with Crippen LogP contribution in [0.4, 0.5) is 0 Å². The highest BCUT2D eigenvalue weighted by Crippen LogP contribution is 2.79. The molecule has 0 N–H and O–H groups in total. The number of hydrogen-bond acceptors (Lipinski definition) is 6. The maximum atomic E-state index is 12.3. The summed E-state index contributed by atoms with van der Waals surface area (Å²) < 4.78 is 24.2. The zero-order valence-electron chi connectivity index (χ0n) is 21.4. The number of fused-ring (bicyclic) bond motifs is 4. The van der Waals surface area contributed by atoms with Crippen LogP contribution in [-0.2, 0) is 28.5 Å². The van der Waals surface area contributed by atoms with Crippen LogP contribution in [0.2, 0.25) is 0 Å². The molecule has 0 aromatic rings. The first-order chi connectivity index (χ1) is 16.8. The van der Waals surface area contributed by atoms with Crippen LogP contribution >= 0.6 is 0 Å². The Morgan fingerprint density at radius 3 is 2.74 bits per heavy atom. The Hall–Kier alpha value is -1.40. The molecule has 0 aromatic heterocycles. The Bertz CT molecular complexity index is 976. The third-order valence-electron chi connectivity index (χ3n) is 11.9. The van der Waals surface area contributed by atoms with Crippen molar-refractivity contribution in [3.05, 3.63) is 12.2 Å². The summed E-state index contributed by atoms with van der Waals surface area (Å²) in [6.45, 7) is 7.10. The summed E-state index contributed by atoms with van der Waals surface area (Å²) in [5, 5.41) is 0. The van der Waals surface area contributed by atoms with Crippen LogP contribution in [0.5, 0.6) is 0 Å². The molecule has 0 bridgehead atoms. The second-order valence-corrected chi connectivity index (χ2v) is 13.2. The van der Waals surface area contributed by atoms with E-state index < -0.39 is 11.9 Å². The maximum Gasteiger partial charge on any atom is 0.332 e. The van der Waals surface area contributed by atoms with Gasteiger partial charge < -0.3 is 18.9 Å². The molecule has 3 heterocycles. The van der Waals surface area contributed by atoms with Crippen LogP contribution in [-0.4, -0.2) is 41.6 Å². The van der Waals surface area contributed by atoms with E-state index >= 15 is 0 Å². The molecule has 0 unspecified atom stereocenters. The number of epoxide rings is 2. The van der Waals surface area contributed by atoms with Gasteiger partial charge in [-0.05, 0) is 87.0 Å². The molecule has 0 aromatic carbocycles. The van der Waals surface area contributed by atoms with Crippen LogP contribution in [0, 0.1) is 34.5 Å². The summed E-state index contributed by atoms with van der Waals surface area (Å²) in [6.07, 6.45) is 15.1. The number of esters is 2. The lowest BCUT2D eigenvalue weighted by Gasteiger charge is -2.61. The Kier molecular flexibility index (Phi) is 4.77. The van der Waals surface area contributed by atoms with Crippen molar-refractivity contribution in [2.75, 3.05) is 0 Å². The molecule has 35 heavy (non-hydrogen) atoms. The van der Waals surface area contributed by atoms with Gasteiger partial charge in [0.05, 0.1) is 6.10 Å². The summed E-state index contributed by atoms with van der Waals surface area (Å²) in [5.41, 5.74) is -0.118. The van der Waals surface area contributed by atoms with E-state index in [1.807, 2.05) is 6.08 Å². The summed E-state index contributed by atoms with van der Waals surface area (Å²) in [5.74, 6) is 1.94. The fourth-order valence-electron chi connectivity index (χ4n) is 10.1. The predicted octanol–water partition coefficient (Wildman–Crippen LogP) is 5.09. The van der Waals surface area contributed by atoms with Gasteiger partial charge in [0.15, 0.2) is 5.60 Å². The lowest BCUT2D eigenvalue weighted by molar-refractivity contribution is -0.168. The van der Waals surface area contributed by atoms with Gasteiger partial charge in [-0.2, -0.15) is 0 Å². The first kappa shape index (κ1) is 22.8. The lowest BCUT2D eigenvalue weighted by atomic mass is 9.43. The van der Waals surface area contributed by atoms with Gasteiger partial charge in [-0.25, -0.2) is 4.79 Å². The molecule has 7 rings (SSSR count). The van der Waals surface area contributed by atoms with Gasteiger partial charge in [0.25, 0.3) is 0 Å². The average Bonchev–Trinajstić information content (AvgIpc) is 3.72. The van der Waals surface area contributed by atoms with Gasteiger partial charge in [-0.3, -0.25) is 4.79 Å². The van der Waals surface area contributed by atoms with Gasteiger partial charge in [-0.1, -0.05) is 27.2 Å². The van der Waals surface area contributed by atoms with Crippen LogP contribution in [0.3, 0.4) is 0 Å². The second-order valence-electron chi connectivity index (χ2n) is 13.2. The van der Waals surface area contributed by atoms with Crippen molar-refractivity contribution in [1.29, 1.82) is 0 Å². The molecule has 6 fully saturated rings. The zero-order chi connectivity index (χ0) is 24.2. The van der Waals surface area contributed by atoms with E-state index in [0.29, 0.717) is 41.6 Å². The van der Waals surface area contributed by atoms with Crippen molar-refractivity contribution in [3.8, 4) is 0 Å². The Morgan fingerprint density at radius 2 is 1.94 bits per heavy atom. The zero-order valence-corrected chi connectivity index (χ0v) is 21.4. The van der Waals surface area contributed by atoms with Crippen LogP contribution < -0.4 is 0 Å². The Morgan fingerprint density at radius 1 is 1.09 bits per heavy atom. The van der Waals surface area contributed by atoms with Crippen LogP contribution in [0.1, 0.15) is 91.4 Å². The Labute approximate surface area is 208 Å². The van der Waals surface area contributed by atoms with E-state index in [0.717, 1.165) is 44.9 Å². The van der Waals surface area contributed by atoms with E-state index in [2.05, 4.69) is 20.8 Å². The van der Waals surface area contributed by atoms with Gasteiger partial charge in [0.1, 0.15) is 11.7 Å². The standard InChI is InChI=1S/C29H40O6/c1-4-5-6-23(30)32-18-9-12-26(2)17(15-18)7-8-20-19(26)10-13-27(3)21(16-22-29(20,27)34-22)28-14-11-24(31)33-25(28)35-28/h11,14,17-22,25H,4-10,12-13,15-16H2,1-3H3/t17-,18+,19+,20-,21+,22-,25-,26+,27-,28+,29-/m1/s1. The molecule has 4 saturated carbocycles. The molecule has 6 nitrogen and oxygen atoms in total. The molecule has 2 saturated heterocycles. The van der Waals surface area contributed by atoms with Gasteiger partial charge in [0.2, 0.25) is 6.29 Å². The molecule has 11 atom stereocenters. The van der Waals surface area contributed by atoms with E-state index in [4.69, 9.17) is 18.9 Å². The maximum absolute atomic E-state index is 12.3. The third-order valence-corrected chi connectivity index (χ3v) is 11.9. The molecule has 7 aliphatic rings. The lowest BCUT2D eigenvalue weighted by Crippen LogP contribution is -2.59. The Balaban J connectivity index is 1.10. The number of unbranched alkanes of at least 4 members (excludes halogenated alkanes) is 1. The number of ether oxygens (including phenoxy) is 4. The van der Waals surface area contributed by atoms with Crippen molar-refractivity contribution < 1.29 is 28.5 Å². The highest BCUT2D eigenvalue weighted by Gasteiger charge is 2.85. The minimum atomic E-state index is -0.430. The number of hydrogen-bond donors (Lipinski definition) is 0. The predicted molar refractivity (Wildman–Crippen MR) is 127 cm³/mol. The molecule has 1 spiro atoms. The smallest absolute Gasteiger partial charge is 0.332 e. The minimum absolute atomic E-state index is 0.00454. The number of carbonyl (C=O) groups is 2. The van der Waals surface area contributed by atoms with Crippen LogP contribution in [0.25, 0.3) is 0 Å². The molecular formula is C29H40O6. The first-order valence-corrected chi connectivity index (χ1v) is 14.2. The SMILES string of the molecule is CCCCC(=O)O[C@H]1CC[C@@]2(C)[C@H](CC[C@@H]3[C@@H]2CC[C@]2(C)[C@@H]([C@@]45C=CC(=O)O[C@@H]4O5)C[C@H]4O[C@]342)C1. The summed E-state index contributed by atoms with van der Waals surface area (Å²) in [4.78, 5) is 24.0. The van der Waals surface area contributed by atoms with Gasteiger partial charge >= 0.3 is 11.9 Å². The first-order valence-electron chi connectivity index (χ1n) is 14.2. The highest BCUT2D eigenvalue weighted by molar-refractivity contribution is 5.84. The van der Waals surface area contributed by atoms with Crippen molar-refractivity contribution in [2.45, 2.75) is 121 Å².